The Bertz CT molecular complexity index is 1090. The Morgan fingerprint density at radius 3 is 1.58 bits per heavy atom. The molecule has 1 N–H and O–H groups in total. The predicted octanol–water partition coefficient (Wildman–Crippen LogP) is 12.8. The minimum absolute atomic E-state index is 0.00808. The van der Waals surface area contributed by atoms with Gasteiger partial charge in [-0.05, 0) is 36.8 Å². The molecule has 2 nitrogen and oxygen atoms in total. The molecule has 0 fully saturated rings. The summed E-state index contributed by atoms with van der Waals surface area (Å²) in [5.41, 5.74) is 2.90. The molecule has 3 aromatic rings. The van der Waals surface area contributed by atoms with Gasteiger partial charge in [-0.1, -0.05) is 197 Å². The molecule has 250 valence electrons. The first-order valence-corrected chi connectivity index (χ1v) is 19.3. The molecule has 2 aromatic carbocycles. The second kappa shape index (κ2) is 23.0. The lowest BCUT2D eigenvalue weighted by Crippen LogP contribution is -2.43. The number of H-pyrrole nitrogens is 1. The highest BCUT2D eigenvalue weighted by atomic mass is 15.1. The summed E-state index contributed by atoms with van der Waals surface area (Å²) < 4.78 is 2.58. The fourth-order valence-electron chi connectivity index (χ4n) is 7.50. The van der Waals surface area contributed by atoms with Crippen molar-refractivity contribution in [3.8, 4) is 0 Å². The monoisotopic (exact) mass is 614 g/mol. The molecular weight excluding hydrogens is 544 g/mol. The standard InChI is InChI=1S/C43H68N2/c1-4-6-8-10-12-13-14-15-16-17-18-19-21-29-36-45-37-35-44-42(45)41(34-28-20-11-9-7-5-2)43(3,40-32-26-23-27-33-40)38-39-30-24-22-25-31-39/h22-27,30-33,35,37,41H,4-21,28-29,34,36,38H2,1-3H3/p+1. The van der Waals surface area contributed by atoms with Gasteiger partial charge in [0.2, 0.25) is 0 Å². The van der Waals surface area contributed by atoms with E-state index in [1.54, 1.807) is 0 Å². The van der Waals surface area contributed by atoms with Crippen molar-refractivity contribution in [3.63, 3.8) is 0 Å². The van der Waals surface area contributed by atoms with Gasteiger partial charge in [0.1, 0.15) is 12.4 Å². The van der Waals surface area contributed by atoms with Gasteiger partial charge in [0, 0.05) is 5.41 Å². The summed E-state index contributed by atoms with van der Waals surface area (Å²) in [5, 5.41) is 0. The van der Waals surface area contributed by atoms with Crippen molar-refractivity contribution in [2.45, 2.75) is 180 Å². The van der Waals surface area contributed by atoms with Crippen LogP contribution in [-0.2, 0) is 18.4 Å². The summed E-state index contributed by atoms with van der Waals surface area (Å²) in [7, 11) is 0. The van der Waals surface area contributed by atoms with E-state index in [9.17, 15) is 0 Å². The molecule has 0 saturated heterocycles. The van der Waals surface area contributed by atoms with Crippen molar-refractivity contribution in [2.24, 2.45) is 0 Å². The maximum Gasteiger partial charge on any atom is 0.258 e. The molecule has 45 heavy (non-hydrogen) atoms. The van der Waals surface area contributed by atoms with Crippen LogP contribution >= 0.6 is 0 Å². The molecule has 0 aliphatic carbocycles. The molecule has 2 atom stereocenters. The number of aromatic nitrogens is 2. The Balaban J connectivity index is 1.57. The molecule has 0 amide bonds. The highest BCUT2D eigenvalue weighted by molar-refractivity contribution is 5.32. The summed E-state index contributed by atoms with van der Waals surface area (Å²) in [6, 6.07) is 22.6. The zero-order valence-electron chi connectivity index (χ0n) is 29.7. The second-order valence-corrected chi connectivity index (χ2v) is 14.2. The van der Waals surface area contributed by atoms with E-state index in [1.165, 1.54) is 152 Å². The van der Waals surface area contributed by atoms with Gasteiger partial charge in [-0.3, -0.25) is 0 Å². The Kier molecular flexibility index (Phi) is 19.0. The highest BCUT2D eigenvalue weighted by Crippen LogP contribution is 2.43. The van der Waals surface area contributed by atoms with Crippen LogP contribution in [0.4, 0.5) is 0 Å². The Morgan fingerprint density at radius 2 is 1.04 bits per heavy atom. The number of nitrogens with zero attached hydrogens (tertiary/aromatic N) is 1. The normalized spacial score (nSPS) is 13.6. The van der Waals surface area contributed by atoms with Gasteiger partial charge >= 0.3 is 0 Å². The summed E-state index contributed by atoms with van der Waals surface area (Å²) in [5.74, 6) is 1.87. The number of rotatable bonds is 27. The van der Waals surface area contributed by atoms with E-state index in [4.69, 9.17) is 0 Å². The van der Waals surface area contributed by atoms with Crippen molar-refractivity contribution >= 4 is 0 Å². The summed E-state index contributed by atoms with van der Waals surface area (Å²) in [6.45, 7) is 8.28. The van der Waals surface area contributed by atoms with Crippen LogP contribution in [0.5, 0.6) is 0 Å². The number of benzene rings is 2. The quantitative estimate of drug-likeness (QED) is 0.0652. The van der Waals surface area contributed by atoms with Gasteiger partial charge in [0.25, 0.3) is 5.82 Å². The Hall–Kier alpha value is -2.35. The number of hydrogen-bond donors (Lipinski definition) is 1. The molecule has 1 heterocycles. The maximum atomic E-state index is 3.79. The third-order valence-corrected chi connectivity index (χ3v) is 10.3. The first-order valence-electron chi connectivity index (χ1n) is 19.3. The smallest absolute Gasteiger partial charge is 0.247 e. The van der Waals surface area contributed by atoms with Gasteiger partial charge in [-0.2, -0.15) is 0 Å². The molecule has 0 aliphatic heterocycles. The maximum absolute atomic E-state index is 3.79. The highest BCUT2D eigenvalue weighted by Gasteiger charge is 2.41. The fourth-order valence-corrected chi connectivity index (χ4v) is 7.50. The van der Waals surface area contributed by atoms with E-state index in [1.807, 2.05) is 0 Å². The number of imidazole rings is 1. The van der Waals surface area contributed by atoms with Crippen molar-refractivity contribution in [1.82, 2.24) is 4.98 Å². The zero-order valence-corrected chi connectivity index (χ0v) is 29.7. The van der Waals surface area contributed by atoms with Crippen LogP contribution in [0.25, 0.3) is 0 Å². The average Bonchev–Trinajstić information content (AvgIpc) is 3.53. The van der Waals surface area contributed by atoms with E-state index in [-0.39, 0.29) is 5.41 Å². The lowest BCUT2D eigenvalue weighted by atomic mass is 9.66. The molecule has 2 heteroatoms. The minimum Gasteiger partial charge on any atom is -0.247 e. The number of hydrogen-bond acceptors (Lipinski definition) is 0. The van der Waals surface area contributed by atoms with Crippen LogP contribution in [0.2, 0.25) is 0 Å². The first kappa shape index (κ1) is 37.1. The third kappa shape index (κ3) is 13.9. The van der Waals surface area contributed by atoms with E-state index in [0.29, 0.717) is 5.92 Å². The lowest BCUT2D eigenvalue weighted by Gasteiger charge is -2.37. The van der Waals surface area contributed by atoms with Crippen LogP contribution in [0, 0.1) is 0 Å². The number of aryl methyl sites for hydroxylation is 1. The van der Waals surface area contributed by atoms with Crippen molar-refractivity contribution in [1.29, 1.82) is 0 Å². The molecule has 2 unspecified atom stereocenters. The average molecular weight is 614 g/mol. The van der Waals surface area contributed by atoms with E-state index in [2.05, 4.69) is 103 Å². The third-order valence-electron chi connectivity index (χ3n) is 10.3. The van der Waals surface area contributed by atoms with Gasteiger partial charge in [-0.15, -0.1) is 0 Å². The summed E-state index contributed by atoms with van der Waals surface area (Å²) >= 11 is 0. The Labute approximate surface area is 278 Å². The molecule has 0 radical (unpaired) electrons. The molecule has 0 spiro atoms. The first-order chi connectivity index (χ1) is 22.2. The van der Waals surface area contributed by atoms with Gasteiger partial charge in [-0.25, -0.2) is 9.55 Å². The van der Waals surface area contributed by atoms with Crippen LogP contribution in [0.1, 0.15) is 178 Å². The molecule has 0 saturated carbocycles. The number of unbranched alkanes of at least 4 members (excludes halogenated alkanes) is 18. The van der Waals surface area contributed by atoms with E-state index in [0.717, 1.165) is 13.0 Å². The topological polar surface area (TPSA) is 19.7 Å². The molecule has 0 bridgehead atoms. The van der Waals surface area contributed by atoms with Crippen molar-refractivity contribution in [2.75, 3.05) is 0 Å². The zero-order chi connectivity index (χ0) is 31.8. The van der Waals surface area contributed by atoms with Crippen LogP contribution in [0.15, 0.2) is 73.1 Å². The van der Waals surface area contributed by atoms with E-state index < -0.39 is 0 Å². The molecular formula is C43H69N2+. The largest absolute Gasteiger partial charge is 0.258 e. The van der Waals surface area contributed by atoms with Crippen molar-refractivity contribution in [3.05, 3.63) is 90.0 Å². The van der Waals surface area contributed by atoms with Gasteiger partial charge in [0.05, 0.1) is 12.5 Å². The lowest BCUT2D eigenvalue weighted by molar-refractivity contribution is -0.705. The van der Waals surface area contributed by atoms with Gasteiger partial charge in [0.15, 0.2) is 0 Å². The summed E-state index contributed by atoms with van der Waals surface area (Å²) in [6.07, 6.45) is 34.6. The predicted molar refractivity (Wildman–Crippen MR) is 196 cm³/mol. The molecule has 0 aliphatic rings. The molecule has 3 rings (SSSR count). The number of aromatic amines is 1. The van der Waals surface area contributed by atoms with Crippen LogP contribution in [-0.4, -0.2) is 4.98 Å². The van der Waals surface area contributed by atoms with E-state index >= 15 is 0 Å². The molecule has 1 aromatic heterocycles. The second-order valence-electron chi connectivity index (χ2n) is 14.2. The minimum atomic E-state index is 0.00808. The fraction of sp³-hybridized carbons (Fsp3) is 0.651. The van der Waals surface area contributed by atoms with Crippen LogP contribution in [0.3, 0.4) is 0 Å². The summed E-state index contributed by atoms with van der Waals surface area (Å²) in [4.78, 5) is 3.79. The SMILES string of the molecule is CCCCCCCCCCCCCCCC[n+]1cc[nH]c1C(CCCCCCCC)C(C)(Cc1ccccc1)c1ccccc1. The van der Waals surface area contributed by atoms with Crippen molar-refractivity contribution < 1.29 is 4.57 Å². The van der Waals surface area contributed by atoms with Crippen LogP contribution < -0.4 is 4.57 Å². The number of nitrogens with one attached hydrogen (secondary N) is 1. The Morgan fingerprint density at radius 1 is 0.578 bits per heavy atom. The van der Waals surface area contributed by atoms with Gasteiger partial charge < -0.3 is 0 Å².